The summed E-state index contributed by atoms with van der Waals surface area (Å²) in [6.45, 7) is 2.67. The second-order valence-electron chi connectivity index (χ2n) is 3.57. The molecule has 1 unspecified atom stereocenters. The van der Waals surface area contributed by atoms with E-state index in [4.69, 9.17) is 9.84 Å². The van der Waals surface area contributed by atoms with E-state index < -0.39 is 6.10 Å². The van der Waals surface area contributed by atoms with Gasteiger partial charge in [0.1, 0.15) is 0 Å². The smallest absolute Gasteiger partial charge is 0.0798 e. The molecule has 0 spiro atoms. The Labute approximate surface area is 73.4 Å². The Hall–Kier alpha value is -0.120. The van der Waals surface area contributed by atoms with E-state index in [0.717, 1.165) is 25.9 Å². The second-order valence-corrected chi connectivity index (χ2v) is 3.57. The minimum absolute atomic E-state index is 0.0852. The van der Waals surface area contributed by atoms with Crippen molar-refractivity contribution in [1.82, 2.24) is 0 Å². The molecule has 0 aromatic rings. The molecule has 1 aliphatic rings. The first kappa shape index (κ1) is 9.96. The van der Waals surface area contributed by atoms with Crippen LogP contribution in [0.2, 0.25) is 0 Å². The molecule has 0 bridgehead atoms. The van der Waals surface area contributed by atoms with Gasteiger partial charge in [0.25, 0.3) is 0 Å². The highest BCUT2D eigenvalue weighted by Gasteiger charge is 2.44. The number of hydrogen-bond acceptors (Lipinski definition) is 3. The van der Waals surface area contributed by atoms with Crippen molar-refractivity contribution in [2.24, 2.45) is 0 Å². The predicted octanol–water partition coefficient (Wildman–Crippen LogP) is 0.689. The highest BCUT2D eigenvalue weighted by molar-refractivity contribution is 4.97. The molecule has 0 aromatic carbocycles. The molecule has 0 amide bonds. The molecule has 0 radical (unpaired) electrons. The van der Waals surface area contributed by atoms with E-state index in [2.05, 4.69) is 6.92 Å². The molecule has 0 aromatic heterocycles. The molecule has 72 valence electrons. The van der Waals surface area contributed by atoms with Crippen LogP contribution in [-0.2, 0) is 4.74 Å². The van der Waals surface area contributed by atoms with E-state index in [1.165, 1.54) is 0 Å². The van der Waals surface area contributed by atoms with E-state index in [9.17, 15) is 5.11 Å². The lowest BCUT2D eigenvalue weighted by atomic mass is 10.1. The van der Waals surface area contributed by atoms with Crippen molar-refractivity contribution in [3.05, 3.63) is 0 Å². The van der Waals surface area contributed by atoms with Crippen molar-refractivity contribution < 1.29 is 14.9 Å². The fourth-order valence-corrected chi connectivity index (χ4v) is 1.36. The van der Waals surface area contributed by atoms with Crippen LogP contribution in [0.3, 0.4) is 0 Å². The monoisotopic (exact) mass is 174 g/mol. The molecule has 0 saturated heterocycles. The van der Waals surface area contributed by atoms with Gasteiger partial charge in [-0.05, 0) is 19.3 Å². The van der Waals surface area contributed by atoms with E-state index in [-0.39, 0.29) is 12.2 Å². The first-order chi connectivity index (χ1) is 5.72. The summed E-state index contributed by atoms with van der Waals surface area (Å²) in [6, 6.07) is 0. The fourth-order valence-electron chi connectivity index (χ4n) is 1.36. The predicted molar refractivity (Wildman–Crippen MR) is 45.9 cm³/mol. The normalized spacial score (nSPS) is 22.2. The van der Waals surface area contributed by atoms with Gasteiger partial charge in [0.05, 0.1) is 18.3 Å². The van der Waals surface area contributed by atoms with Crippen molar-refractivity contribution in [3.8, 4) is 0 Å². The van der Waals surface area contributed by atoms with Crippen molar-refractivity contribution in [3.63, 3.8) is 0 Å². The van der Waals surface area contributed by atoms with E-state index >= 15 is 0 Å². The zero-order chi connectivity index (χ0) is 9.03. The van der Waals surface area contributed by atoms with Gasteiger partial charge in [-0.1, -0.05) is 6.92 Å². The lowest BCUT2D eigenvalue weighted by Crippen LogP contribution is -2.25. The van der Waals surface area contributed by atoms with Gasteiger partial charge >= 0.3 is 0 Å². The largest absolute Gasteiger partial charge is 0.394 e. The van der Waals surface area contributed by atoms with Gasteiger partial charge in [-0.3, -0.25) is 0 Å². The van der Waals surface area contributed by atoms with E-state index in [0.29, 0.717) is 6.42 Å². The van der Waals surface area contributed by atoms with Gasteiger partial charge < -0.3 is 14.9 Å². The molecule has 1 rings (SSSR count). The van der Waals surface area contributed by atoms with Gasteiger partial charge in [-0.15, -0.1) is 0 Å². The lowest BCUT2D eigenvalue weighted by Gasteiger charge is -2.18. The van der Waals surface area contributed by atoms with Gasteiger partial charge in [-0.2, -0.15) is 0 Å². The number of rotatable bonds is 6. The highest BCUT2D eigenvalue weighted by atomic mass is 16.5. The SMILES string of the molecule is CCCOC1(CC(O)CO)CC1. The van der Waals surface area contributed by atoms with Crippen LogP contribution < -0.4 is 0 Å². The van der Waals surface area contributed by atoms with E-state index in [1.54, 1.807) is 0 Å². The number of aliphatic hydroxyl groups is 2. The van der Waals surface area contributed by atoms with Crippen LogP contribution in [0.15, 0.2) is 0 Å². The molecule has 3 heteroatoms. The third-order valence-electron chi connectivity index (χ3n) is 2.24. The Morgan fingerprint density at radius 2 is 2.17 bits per heavy atom. The van der Waals surface area contributed by atoms with Gasteiger partial charge in [0, 0.05) is 13.0 Å². The van der Waals surface area contributed by atoms with Crippen molar-refractivity contribution in [1.29, 1.82) is 0 Å². The number of ether oxygens (including phenoxy) is 1. The summed E-state index contributed by atoms with van der Waals surface area (Å²) in [7, 11) is 0. The molecule has 3 nitrogen and oxygen atoms in total. The lowest BCUT2D eigenvalue weighted by molar-refractivity contribution is -0.0181. The molecule has 12 heavy (non-hydrogen) atoms. The third-order valence-corrected chi connectivity index (χ3v) is 2.24. The van der Waals surface area contributed by atoms with E-state index in [1.807, 2.05) is 0 Å². The Balaban J connectivity index is 2.20. The van der Waals surface area contributed by atoms with Crippen LogP contribution in [0, 0.1) is 0 Å². The summed E-state index contributed by atoms with van der Waals surface area (Å²) in [6.07, 6.45) is 3.05. The van der Waals surface area contributed by atoms with Gasteiger partial charge in [-0.25, -0.2) is 0 Å². The summed E-state index contributed by atoms with van der Waals surface area (Å²) in [5.41, 5.74) is -0.0852. The number of aliphatic hydroxyl groups excluding tert-OH is 2. The van der Waals surface area contributed by atoms with Crippen LogP contribution in [-0.4, -0.2) is 35.1 Å². The molecule has 1 fully saturated rings. The van der Waals surface area contributed by atoms with Gasteiger partial charge in [0.2, 0.25) is 0 Å². The standard InChI is InChI=1S/C9H18O3/c1-2-5-12-9(3-4-9)6-8(11)7-10/h8,10-11H,2-7H2,1H3. The summed E-state index contributed by atoms with van der Waals surface area (Å²) < 4.78 is 5.59. The molecule has 1 saturated carbocycles. The Bertz CT molecular complexity index is 132. The maximum absolute atomic E-state index is 9.20. The number of hydrogen-bond donors (Lipinski definition) is 2. The minimum atomic E-state index is -0.607. The van der Waals surface area contributed by atoms with Crippen LogP contribution in [0.4, 0.5) is 0 Å². The molecule has 1 aliphatic carbocycles. The van der Waals surface area contributed by atoms with Crippen molar-refractivity contribution in [2.45, 2.75) is 44.3 Å². The Morgan fingerprint density at radius 1 is 1.50 bits per heavy atom. The maximum atomic E-state index is 9.20. The summed E-state index contributed by atoms with van der Waals surface area (Å²) >= 11 is 0. The molecule has 0 heterocycles. The van der Waals surface area contributed by atoms with Crippen LogP contribution in [0.5, 0.6) is 0 Å². The molecule has 2 N–H and O–H groups in total. The molecule has 0 aliphatic heterocycles. The quantitative estimate of drug-likeness (QED) is 0.623. The average molecular weight is 174 g/mol. The maximum Gasteiger partial charge on any atom is 0.0798 e. The average Bonchev–Trinajstić information content (AvgIpc) is 2.82. The first-order valence-corrected chi connectivity index (χ1v) is 4.65. The second kappa shape index (κ2) is 4.21. The topological polar surface area (TPSA) is 49.7 Å². The molecular weight excluding hydrogens is 156 g/mol. The Kier molecular flexibility index (Phi) is 3.50. The fraction of sp³-hybridized carbons (Fsp3) is 1.00. The third kappa shape index (κ3) is 2.73. The molecular formula is C9H18O3. The highest BCUT2D eigenvalue weighted by Crippen LogP contribution is 2.43. The van der Waals surface area contributed by atoms with Crippen molar-refractivity contribution in [2.75, 3.05) is 13.2 Å². The van der Waals surface area contributed by atoms with Crippen molar-refractivity contribution >= 4 is 0 Å². The molecule has 1 atom stereocenters. The minimum Gasteiger partial charge on any atom is -0.394 e. The first-order valence-electron chi connectivity index (χ1n) is 4.65. The van der Waals surface area contributed by atoms with Crippen LogP contribution in [0.1, 0.15) is 32.6 Å². The zero-order valence-corrected chi connectivity index (χ0v) is 7.62. The summed E-state index contributed by atoms with van der Waals surface area (Å²) in [5, 5.41) is 17.8. The summed E-state index contributed by atoms with van der Waals surface area (Å²) in [5.74, 6) is 0. The van der Waals surface area contributed by atoms with Crippen LogP contribution in [0.25, 0.3) is 0 Å². The Morgan fingerprint density at radius 3 is 2.58 bits per heavy atom. The van der Waals surface area contributed by atoms with Gasteiger partial charge in [0.15, 0.2) is 0 Å². The summed E-state index contributed by atoms with van der Waals surface area (Å²) in [4.78, 5) is 0. The van der Waals surface area contributed by atoms with Crippen LogP contribution >= 0.6 is 0 Å². The zero-order valence-electron chi connectivity index (χ0n) is 7.62.